The van der Waals surface area contributed by atoms with Crippen LogP contribution in [0.4, 0.5) is 0 Å². The summed E-state index contributed by atoms with van der Waals surface area (Å²) in [6.07, 6.45) is 4.11. The maximum absolute atomic E-state index is 12.7. The predicted molar refractivity (Wildman–Crippen MR) is 125 cm³/mol. The van der Waals surface area contributed by atoms with E-state index in [9.17, 15) is 13.2 Å². The summed E-state index contributed by atoms with van der Waals surface area (Å²) in [6.45, 7) is 2.23. The minimum atomic E-state index is -3.52. The van der Waals surface area contributed by atoms with E-state index in [4.69, 9.17) is 4.74 Å². The second kappa shape index (κ2) is 7.48. The number of aromatic nitrogens is 3. The number of aryl methyl sites for hydroxylation is 2. The standard InChI is InChI=1S/C24H25N3O4S/c1-4-32(29,30)23-19-11-18(20-13-26(2)24(28)17-8-6-5-7-16(17)20)22(31-14-15-9-10-15)12-21(19)27(3)25-23/h5-8,11-13,15H,4,9-10,14H2,1-3H3. The van der Waals surface area contributed by atoms with Crippen LogP contribution >= 0.6 is 0 Å². The monoisotopic (exact) mass is 451 g/mol. The van der Waals surface area contributed by atoms with Gasteiger partial charge in [0.05, 0.1) is 17.9 Å². The van der Waals surface area contributed by atoms with Crippen molar-refractivity contribution in [1.82, 2.24) is 14.3 Å². The number of ether oxygens (including phenoxy) is 1. The zero-order valence-electron chi connectivity index (χ0n) is 18.3. The first-order valence-electron chi connectivity index (χ1n) is 10.7. The van der Waals surface area contributed by atoms with E-state index in [-0.39, 0.29) is 16.3 Å². The highest BCUT2D eigenvalue weighted by molar-refractivity contribution is 7.91. The first-order chi connectivity index (χ1) is 15.3. The molecule has 0 amide bonds. The SMILES string of the molecule is CCS(=O)(=O)c1nn(C)c2cc(OCC3CC3)c(-c3cn(C)c(=O)c4ccccc34)cc12. The summed E-state index contributed by atoms with van der Waals surface area (Å²) in [7, 11) is -0.0570. The van der Waals surface area contributed by atoms with Gasteiger partial charge in [0.1, 0.15) is 5.75 Å². The molecule has 0 bridgehead atoms. The Morgan fingerprint density at radius 3 is 2.47 bits per heavy atom. The van der Waals surface area contributed by atoms with Crippen LogP contribution in [0.15, 0.2) is 52.4 Å². The third-order valence-corrected chi connectivity index (χ3v) is 7.80. The van der Waals surface area contributed by atoms with Crippen molar-refractivity contribution in [2.75, 3.05) is 12.4 Å². The second-order valence-corrected chi connectivity index (χ2v) is 10.7. The Kier molecular flexibility index (Phi) is 4.85. The van der Waals surface area contributed by atoms with Crippen LogP contribution in [0.5, 0.6) is 5.75 Å². The molecule has 0 atom stereocenters. The number of hydrogen-bond acceptors (Lipinski definition) is 5. The summed E-state index contributed by atoms with van der Waals surface area (Å²) in [5.74, 6) is 1.19. The predicted octanol–water partition coefficient (Wildman–Crippen LogP) is 3.67. The van der Waals surface area contributed by atoms with Crippen molar-refractivity contribution < 1.29 is 13.2 Å². The molecule has 0 spiro atoms. The maximum Gasteiger partial charge on any atom is 0.258 e. The Morgan fingerprint density at radius 2 is 1.78 bits per heavy atom. The number of benzene rings is 2. The topological polar surface area (TPSA) is 83.2 Å². The van der Waals surface area contributed by atoms with Crippen LogP contribution in [-0.4, -0.2) is 35.1 Å². The molecule has 1 fully saturated rings. The van der Waals surface area contributed by atoms with E-state index in [0.717, 1.165) is 29.4 Å². The summed E-state index contributed by atoms with van der Waals surface area (Å²) in [5.41, 5.74) is 2.19. The van der Waals surface area contributed by atoms with Crippen molar-refractivity contribution in [1.29, 1.82) is 0 Å². The highest BCUT2D eigenvalue weighted by atomic mass is 32.2. The van der Waals surface area contributed by atoms with E-state index in [1.54, 1.807) is 36.5 Å². The van der Waals surface area contributed by atoms with Crippen LogP contribution in [-0.2, 0) is 23.9 Å². The molecule has 4 aromatic rings. The quantitative estimate of drug-likeness (QED) is 0.447. The molecule has 5 rings (SSSR count). The van der Waals surface area contributed by atoms with E-state index in [0.29, 0.717) is 34.6 Å². The van der Waals surface area contributed by atoms with E-state index in [1.807, 2.05) is 36.4 Å². The number of fused-ring (bicyclic) bond motifs is 2. The molecule has 2 heterocycles. The van der Waals surface area contributed by atoms with Gasteiger partial charge in [0, 0.05) is 48.3 Å². The summed E-state index contributed by atoms with van der Waals surface area (Å²) >= 11 is 0. The van der Waals surface area contributed by atoms with Crippen LogP contribution in [0.2, 0.25) is 0 Å². The number of pyridine rings is 1. The number of sulfone groups is 1. The molecular weight excluding hydrogens is 426 g/mol. The van der Waals surface area contributed by atoms with Crippen molar-refractivity contribution in [3.8, 4) is 16.9 Å². The molecule has 0 N–H and O–H groups in total. The Bertz CT molecular complexity index is 1530. The zero-order valence-corrected chi connectivity index (χ0v) is 19.1. The van der Waals surface area contributed by atoms with E-state index in [2.05, 4.69) is 5.10 Å². The Morgan fingerprint density at radius 1 is 1.06 bits per heavy atom. The highest BCUT2D eigenvalue weighted by Crippen LogP contribution is 2.40. The van der Waals surface area contributed by atoms with Gasteiger partial charge in [-0.05, 0) is 36.3 Å². The molecule has 166 valence electrons. The van der Waals surface area contributed by atoms with Crippen LogP contribution in [0, 0.1) is 5.92 Å². The molecule has 0 radical (unpaired) electrons. The van der Waals surface area contributed by atoms with Gasteiger partial charge in [-0.2, -0.15) is 5.10 Å². The fourth-order valence-electron chi connectivity index (χ4n) is 4.07. The number of rotatable bonds is 6. The highest BCUT2D eigenvalue weighted by Gasteiger charge is 2.26. The fourth-order valence-corrected chi connectivity index (χ4v) is 5.09. The van der Waals surface area contributed by atoms with Crippen molar-refractivity contribution in [3.63, 3.8) is 0 Å². The Balaban J connectivity index is 1.84. The summed E-state index contributed by atoms with van der Waals surface area (Å²) in [6, 6.07) is 11.2. The van der Waals surface area contributed by atoms with Crippen LogP contribution < -0.4 is 10.3 Å². The van der Waals surface area contributed by atoms with Crippen molar-refractivity contribution >= 4 is 31.5 Å². The Hall–Kier alpha value is -3.13. The number of nitrogens with zero attached hydrogens (tertiary/aromatic N) is 3. The molecule has 1 saturated carbocycles. The summed E-state index contributed by atoms with van der Waals surface area (Å²) in [4.78, 5) is 12.7. The molecule has 2 aromatic carbocycles. The van der Waals surface area contributed by atoms with Crippen LogP contribution in [0.3, 0.4) is 0 Å². The lowest BCUT2D eigenvalue weighted by Gasteiger charge is -2.15. The third-order valence-electron chi connectivity index (χ3n) is 6.14. The van der Waals surface area contributed by atoms with Gasteiger partial charge < -0.3 is 9.30 Å². The molecule has 32 heavy (non-hydrogen) atoms. The first-order valence-corrected chi connectivity index (χ1v) is 12.4. The average molecular weight is 452 g/mol. The molecule has 0 aliphatic heterocycles. The van der Waals surface area contributed by atoms with Gasteiger partial charge in [0.15, 0.2) is 14.9 Å². The minimum absolute atomic E-state index is 0.0306. The molecule has 1 aliphatic carbocycles. The van der Waals surface area contributed by atoms with Crippen LogP contribution in [0.1, 0.15) is 19.8 Å². The van der Waals surface area contributed by atoms with Gasteiger partial charge in [-0.3, -0.25) is 9.48 Å². The Labute approximate surface area is 186 Å². The van der Waals surface area contributed by atoms with Gasteiger partial charge in [0.25, 0.3) is 5.56 Å². The lowest BCUT2D eigenvalue weighted by atomic mass is 9.98. The molecular formula is C24H25N3O4S. The number of hydrogen-bond donors (Lipinski definition) is 0. The summed E-state index contributed by atoms with van der Waals surface area (Å²) < 4.78 is 34.9. The van der Waals surface area contributed by atoms with Gasteiger partial charge >= 0.3 is 0 Å². The van der Waals surface area contributed by atoms with Crippen molar-refractivity contribution in [2.24, 2.45) is 20.0 Å². The van der Waals surface area contributed by atoms with E-state index in [1.165, 1.54) is 0 Å². The van der Waals surface area contributed by atoms with Gasteiger partial charge in [-0.1, -0.05) is 25.1 Å². The largest absolute Gasteiger partial charge is 0.493 e. The average Bonchev–Trinajstić information content (AvgIpc) is 3.57. The van der Waals surface area contributed by atoms with Gasteiger partial charge in [-0.15, -0.1) is 0 Å². The molecule has 1 aliphatic rings. The summed E-state index contributed by atoms with van der Waals surface area (Å²) in [5, 5.41) is 6.36. The third kappa shape index (κ3) is 3.39. The zero-order chi connectivity index (χ0) is 22.6. The minimum Gasteiger partial charge on any atom is -0.493 e. The van der Waals surface area contributed by atoms with Gasteiger partial charge in [0.2, 0.25) is 0 Å². The maximum atomic E-state index is 12.7. The molecule has 2 aromatic heterocycles. The second-order valence-electron chi connectivity index (χ2n) is 8.46. The molecule has 7 nitrogen and oxygen atoms in total. The normalized spacial score (nSPS) is 14.3. The molecule has 0 saturated heterocycles. The lowest BCUT2D eigenvalue weighted by molar-refractivity contribution is 0.301. The van der Waals surface area contributed by atoms with Gasteiger partial charge in [-0.25, -0.2) is 8.42 Å². The van der Waals surface area contributed by atoms with E-state index < -0.39 is 9.84 Å². The molecule has 0 unspecified atom stereocenters. The van der Waals surface area contributed by atoms with Crippen molar-refractivity contribution in [3.05, 3.63) is 52.9 Å². The smallest absolute Gasteiger partial charge is 0.258 e. The lowest BCUT2D eigenvalue weighted by Crippen LogP contribution is -2.16. The van der Waals surface area contributed by atoms with E-state index >= 15 is 0 Å². The fraction of sp³-hybridized carbons (Fsp3) is 0.333. The molecule has 8 heteroatoms. The van der Waals surface area contributed by atoms with Crippen molar-refractivity contribution in [2.45, 2.75) is 24.8 Å². The van der Waals surface area contributed by atoms with Crippen LogP contribution in [0.25, 0.3) is 32.8 Å². The first kappa shape index (κ1) is 20.8.